The van der Waals surface area contributed by atoms with Crippen LogP contribution in [-0.2, 0) is 0 Å². The van der Waals surface area contributed by atoms with Gasteiger partial charge in [-0.05, 0) is 29.1 Å². The molecule has 0 bridgehead atoms. The van der Waals surface area contributed by atoms with Crippen molar-refractivity contribution in [1.82, 2.24) is 0 Å². The molecular formula is C10H5Br2S. The van der Waals surface area contributed by atoms with Gasteiger partial charge in [0, 0.05) is 19.9 Å². The van der Waals surface area contributed by atoms with Gasteiger partial charge in [0.2, 0.25) is 0 Å². The monoisotopic (exact) mass is 315 g/mol. The van der Waals surface area contributed by atoms with Gasteiger partial charge in [-0.1, -0.05) is 37.9 Å². The maximum absolute atomic E-state index is 3.53. The molecule has 0 saturated heterocycles. The highest BCUT2D eigenvalue weighted by Crippen LogP contribution is 2.35. The summed E-state index contributed by atoms with van der Waals surface area (Å²) in [5, 5.41) is 5.17. The van der Waals surface area contributed by atoms with Gasteiger partial charge in [0.1, 0.15) is 0 Å². The lowest BCUT2D eigenvalue weighted by molar-refractivity contribution is 1.58. The van der Waals surface area contributed by atoms with E-state index in [1.165, 1.54) is 11.1 Å². The van der Waals surface area contributed by atoms with E-state index in [0.29, 0.717) is 0 Å². The molecule has 0 aliphatic carbocycles. The lowest BCUT2D eigenvalue weighted by Crippen LogP contribution is -1.78. The van der Waals surface area contributed by atoms with Gasteiger partial charge in [-0.15, -0.1) is 11.3 Å². The third-order valence-corrected chi connectivity index (χ3v) is 3.67. The van der Waals surface area contributed by atoms with Crippen LogP contribution in [0.2, 0.25) is 0 Å². The summed E-state index contributed by atoms with van der Waals surface area (Å²) >= 11 is 8.64. The minimum Gasteiger partial charge on any atom is -0.142 e. The highest BCUT2D eigenvalue weighted by atomic mass is 79.9. The SMILES string of the molecule is Brc1cccc(Br)c1-c1c[c]sc1. The molecule has 2 aromatic rings. The predicted octanol–water partition coefficient (Wildman–Crippen LogP) is 4.74. The van der Waals surface area contributed by atoms with Crippen LogP contribution in [0.4, 0.5) is 0 Å². The van der Waals surface area contributed by atoms with Crippen molar-refractivity contribution in [2.75, 3.05) is 0 Å². The summed E-state index contributed by atoms with van der Waals surface area (Å²) in [6.07, 6.45) is 0. The average molecular weight is 317 g/mol. The smallest absolute Gasteiger partial charge is 0.0449 e. The first kappa shape index (κ1) is 9.44. The fourth-order valence-electron chi connectivity index (χ4n) is 1.13. The van der Waals surface area contributed by atoms with E-state index in [1.807, 2.05) is 24.3 Å². The number of hydrogen-bond acceptors (Lipinski definition) is 1. The second-order valence-corrected chi connectivity index (χ2v) is 4.97. The first-order chi connectivity index (χ1) is 6.29. The molecule has 13 heavy (non-hydrogen) atoms. The molecule has 3 heteroatoms. The van der Waals surface area contributed by atoms with E-state index in [1.54, 1.807) is 11.3 Å². The van der Waals surface area contributed by atoms with E-state index in [4.69, 9.17) is 0 Å². The van der Waals surface area contributed by atoms with Crippen molar-refractivity contribution in [1.29, 1.82) is 0 Å². The van der Waals surface area contributed by atoms with Crippen LogP contribution in [0.1, 0.15) is 0 Å². The molecule has 0 unspecified atom stereocenters. The van der Waals surface area contributed by atoms with E-state index >= 15 is 0 Å². The Bertz CT molecular complexity index is 387. The summed E-state index contributed by atoms with van der Waals surface area (Å²) in [5.74, 6) is 0. The van der Waals surface area contributed by atoms with Crippen molar-refractivity contribution in [3.63, 3.8) is 0 Å². The molecule has 0 fully saturated rings. The normalized spacial score (nSPS) is 10.3. The second-order valence-electron chi connectivity index (χ2n) is 2.55. The molecule has 1 aromatic carbocycles. The van der Waals surface area contributed by atoms with Gasteiger partial charge in [0.05, 0.1) is 0 Å². The molecule has 1 heterocycles. The minimum atomic E-state index is 1.11. The van der Waals surface area contributed by atoms with E-state index < -0.39 is 0 Å². The summed E-state index contributed by atoms with van der Waals surface area (Å²) in [6, 6.07) is 8.08. The van der Waals surface area contributed by atoms with Gasteiger partial charge in [-0.3, -0.25) is 0 Å². The average Bonchev–Trinajstić information content (AvgIpc) is 2.57. The standard InChI is InChI=1S/C10H5Br2S/c11-8-2-1-3-9(12)10(8)7-4-5-13-6-7/h1-4,6H. The van der Waals surface area contributed by atoms with Gasteiger partial charge in [-0.2, -0.15) is 0 Å². The lowest BCUT2D eigenvalue weighted by Gasteiger charge is -2.03. The summed E-state index contributed by atoms with van der Waals surface area (Å²) in [4.78, 5) is 0. The summed E-state index contributed by atoms with van der Waals surface area (Å²) in [5.41, 5.74) is 2.39. The number of halogens is 2. The van der Waals surface area contributed by atoms with E-state index in [9.17, 15) is 0 Å². The largest absolute Gasteiger partial charge is 0.142 e. The Morgan fingerprint density at radius 3 is 2.38 bits per heavy atom. The van der Waals surface area contributed by atoms with Crippen molar-refractivity contribution < 1.29 is 0 Å². The highest BCUT2D eigenvalue weighted by molar-refractivity contribution is 9.11. The van der Waals surface area contributed by atoms with Crippen molar-refractivity contribution >= 4 is 43.2 Å². The molecule has 0 nitrogen and oxygen atoms in total. The molecule has 0 aliphatic heterocycles. The Labute approximate surface area is 97.9 Å². The topological polar surface area (TPSA) is 0 Å². The zero-order chi connectivity index (χ0) is 9.26. The van der Waals surface area contributed by atoms with Crippen LogP contribution < -0.4 is 0 Å². The Morgan fingerprint density at radius 2 is 1.85 bits per heavy atom. The molecule has 0 N–H and O–H groups in total. The Hall–Kier alpha value is -0.120. The van der Waals surface area contributed by atoms with Crippen LogP contribution >= 0.6 is 43.2 Å². The third-order valence-electron chi connectivity index (χ3n) is 1.72. The number of rotatable bonds is 1. The summed E-state index contributed by atoms with van der Waals surface area (Å²) in [6.45, 7) is 0. The lowest BCUT2D eigenvalue weighted by atomic mass is 10.1. The summed E-state index contributed by atoms with van der Waals surface area (Å²) < 4.78 is 2.21. The van der Waals surface area contributed by atoms with Crippen molar-refractivity contribution in [3.8, 4) is 11.1 Å². The van der Waals surface area contributed by atoms with Gasteiger partial charge in [0.15, 0.2) is 0 Å². The summed E-state index contributed by atoms with van der Waals surface area (Å²) in [7, 11) is 0. The van der Waals surface area contributed by atoms with Crippen LogP contribution in [0.25, 0.3) is 11.1 Å². The fraction of sp³-hybridized carbons (Fsp3) is 0. The predicted molar refractivity (Wildman–Crippen MR) is 64.0 cm³/mol. The number of benzene rings is 1. The first-order valence-electron chi connectivity index (χ1n) is 3.68. The van der Waals surface area contributed by atoms with E-state index in [0.717, 1.165) is 8.95 Å². The molecule has 0 saturated carbocycles. The highest BCUT2D eigenvalue weighted by Gasteiger charge is 2.06. The Balaban J connectivity index is 2.64. The van der Waals surface area contributed by atoms with Crippen LogP contribution in [-0.4, -0.2) is 0 Å². The maximum Gasteiger partial charge on any atom is 0.0449 e. The molecule has 0 atom stereocenters. The molecule has 65 valence electrons. The molecule has 0 amide bonds. The van der Waals surface area contributed by atoms with Gasteiger partial charge < -0.3 is 0 Å². The molecule has 1 radical (unpaired) electrons. The minimum absolute atomic E-state index is 1.11. The van der Waals surface area contributed by atoms with Gasteiger partial charge >= 0.3 is 0 Å². The Kier molecular flexibility index (Phi) is 2.86. The quantitative estimate of drug-likeness (QED) is 0.713. The zero-order valence-electron chi connectivity index (χ0n) is 6.55. The van der Waals surface area contributed by atoms with E-state index in [-0.39, 0.29) is 0 Å². The Morgan fingerprint density at radius 1 is 1.15 bits per heavy atom. The van der Waals surface area contributed by atoms with Crippen molar-refractivity contribution in [3.05, 3.63) is 44.0 Å². The molecule has 0 spiro atoms. The van der Waals surface area contributed by atoms with E-state index in [2.05, 4.69) is 42.6 Å². The van der Waals surface area contributed by atoms with Crippen LogP contribution in [0.15, 0.2) is 38.6 Å². The number of thiophene rings is 1. The third kappa shape index (κ3) is 1.87. The van der Waals surface area contributed by atoms with Crippen LogP contribution in [0.5, 0.6) is 0 Å². The molecular weight excluding hydrogens is 312 g/mol. The molecule has 0 aliphatic rings. The fourth-order valence-corrected chi connectivity index (χ4v) is 3.17. The second kappa shape index (κ2) is 3.95. The van der Waals surface area contributed by atoms with Gasteiger partial charge in [0.25, 0.3) is 0 Å². The molecule has 2 rings (SSSR count). The van der Waals surface area contributed by atoms with Crippen molar-refractivity contribution in [2.45, 2.75) is 0 Å². The van der Waals surface area contributed by atoms with Gasteiger partial charge in [-0.25, -0.2) is 0 Å². The maximum atomic E-state index is 3.53. The number of hydrogen-bond donors (Lipinski definition) is 0. The van der Waals surface area contributed by atoms with Crippen LogP contribution in [0.3, 0.4) is 0 Å². The first-order valence-corrected chi connectivity index (χ1v) is 6.14. The molecule has 1 aromatic heterocycles. The van der Waals surface area contributed by atoms with Crippen molar-refractivity contribution in [2.24, 2.45) is 0 Å². The van der Waals surface area contributed by atoms with Crippen LogP contribution in [0, 0.1) is 5.38 Å². The zero-order valence-corrected chi connectivity index (χ0v) is 10.5.